The van der Waals surface area contributed by atoms with Gasteiger partial charge in [0.1, 0.15) is 11.9 Å². The zero-order chi connectivity index (χ0) is 15.1. The first-order valence-corrected chi connectivity index (χ1v) is 7.65. The summed E-state index contributed by atoms with van der Waals surface area (Å²) in [5.41, 5.74) is 0.916. The quantitative estimate of drug-likeness (QED) is 0.854. The lowest BCUT2D eigenvalue weighted by Crippen LogP contribution is -2.42. The van der Waals surface area contributed by atoms with Crippen molar-refractivity contribution in [2.24, 2.45) is 5.92 Å². The molecule has 0 radical (unpaired) electrons. The van der Waals surface area contributed by atoms with Crippen molar-refractivity contribution in [3.63, 3.8) is 0 Å². The smallest absolute Gasteiger partial charge is 0.255 e. The topological polar surface area (TPSA) is 51.4 Å². The fourth-order valence-corrected chi connectivity index (χ4v) is 3.44. The Morgan fingerprint density at radius 3 is 3.05 bits per heavy atom. The Bertz CT molecular complexity index is 675. The second-order valence-electron chi connectivity index (χ2n) is 6.05. The predicted octanol–water partition coefficient (Wildman–Crippen LogP) is 2.87. The molecule has 2 aliphatic heterocycles. The van der Waals surface area contributed by atoms with Crippen LogP contribution in [0.25, 0.3) is 0 Å². The lowest BCUT2D eigenvalue weighted by Gasteiger charge is -2.35. The summed E-state index contributed by atoms with van der Waals surface area (Å²) in [4.78, 5) is 6.46. The highest BCUT2D eigenvalue weighted by atomic mass is 19.1. The summed E-state index contributed by atoms with van der Waals surface area (Å²) < 4.78 is 24.7. The number of hydrogen-bond acceptors (Lipinski definition) is 5. The molecule has 2 saturated heterocycles. The Kier molecular flexibility index (Phi) is 3.33. The molecule has 1 aromatic heterocycles. The summed E-state index contributed by atoms with van der Waals surface area (Å²) in [6.07, 6.45) is 1.98. The van der Waals surface area contributed by atoms with Crippen molar-refractivity contribution in [2.45, 2.75) is 32.0 Å². The van der Waals surface area contributed by atoms with Crippen molar-refractivity contribution in [1.29, 1.82) is 0 Å². The highest BCUT2D eigenvalue weighted by Crippen LogP contribution is 2.41. The summed E-state index contributed by atoms with van der Waals surface area (Å²) in [5, 5.41) is 3.83. The van der Waals surface area contributed by atoms with Crippen LogP contribution < -0.4 is 4.90 Å². The molecule has 2 aromatic rings. The fraction of sp³-hybridized carbons (Fsp3) is 0.500. The van der Waals surface area contributed by atoms with Crippen LogP contribution in [0.2, 0.25) is 0 Å². The standard InChI is InChI=1S/C16H18FN3O2/c1-10-18-16(22-19-10)14-7-11-5-6-20(9-15(11)21-14)13-4-2-3-12(17)8-13/h2-4,8,11,14-15H,5-7,9H2,1H3/t11-,14-,15+/m0/s1. The molecule has 4 rings (SSSR count). The third-order valence-electron chi connectivity index (χ3n) is 4.54. The summed E-state index contributed by atoms with van der Waals surface area (Å²) in [6.45, 7) is 3.50. The van der Waals surface area contributed by atoms with Gasteiger partial charge < -0.3 is 14.2 Å². The van der Waals surface area contributed by atoms with Gasteiger partial charge in [0.05, 0.1) is 6.10 Å². The second kappa shape index (κ2) is 5.35. The molecule has 3 heterocycles. The summed E-state index contributed by atoms with van der Waals surface area (Å²) in [5.74, 6) is 1.51. The molecule has 3 atom stereocenters. The van der Waals surface area contributed by atoms with Crippen molar-refractivity contribution in [2.75, 3.05) is 18.0 Å². The minimum atomic E-state index is -0.203. The first-order valence-electron chi connectivity index (χ1n) is 7.65. The van der Waals surface area contributed by atoms with E-state index in [1.54, 1.807) is 19.1 Å². The minimum absolute atomic E-state index is 0.108. The monoisotopic (exact) mass is 303 g/mol. The number of aryl methyl sites for hydroxylation is 1. The highest BCUT2D eigenvalue weighted by molar-refractivity contribution is 5.47. The Balaban J connectivity index is 1.47. The molecule has 6 heteroatoms. The summed E-state index contributed by atoms with van der Waals surface area (Å²) in [6, 6.07) is 6.73. The third-order valence-corrected chi connectivity index (χ3v) is 4.54. The van der Waals surface area contributed by atoms with Gasteiger partial charge in [-0.05, 0) is 43.9 Å². The normalized spacial score (nSPS) is 27.9. The Morgan fingerprint density at radius 2 is 2.27 bits per heavy atom. The SMILES string of the molecule is Cc1noc([C@@H]2C[C@@H]3CCN(c4cccc(F)c4)C[C@H]3O2)n1. The molecule has 0 aliphatic carbocycles. The molecule has 0 spiro atoms. The van der Waals surface area contributed by atoms with Gasteiger partial charge >= 0.3 is 0 Å². The lowest BCUT2D eigenvalue weighted by atomic mass is 9.91. The average Bonchev–Trinajstić information content (AvgIpc) is 3.12. The number of piperidine rings is 1. The summed E-state index contributed by atoms with van der Waals surface area (Å²) in [7, 11) is 0. The molecular formula is C16H18FN3O2. The van der Waals surface area contributed by atoms with Crippen LogP contribution in [0, 0.1) is 18.7 Å². The maximum absolute atomic E-state index is 13.4. The number of fused-ring (bicyclic) bond motifs is 1. The predicted molar refractivity (Wildman–Crippen MR) is 78.0 cm³/mol. The van der Waals surface area contributed by atoms with E-state index in [4.69, 9.17) is 9.26 Å². The van der Waals surface area contributed by atoms with E-state index in [0.717, 1.165) is 31.6 Å². The molecule has 0 unspecified atom stereocenters. The van der Waals surface area contributed by atoms with Gasteiger partial charge in [-0.25, -0.2) is 4.39 Å². The Hall–Kier alpha value is -1.95. The molecule has 0 N–H and O–H groups in total. The van der Waals surface area contributed by atoms with Gasteiger partial charge in [0, 0.05) is 18.8 Å². The number of hydrogen-bond donors (Lipinski definition) is 0. The third kappa shape index (κ3) is 2.47. The fourth-order valence-electron chi connectivity index (χ4n) is 3.44. The van der Waals surface area contributed by atoms with Crippen LogP contribution in [0.1, 0.15) is 30.7 Å². The van der Waals surface area contributed by atoms with E-state index in [0.29, 0.717) is 17.6 Å². The van der Waals surface area contributed by atoms with Crippen molar-refractivity contribution < 1.29 is 13.7 Å². The van der Waals surface area contributed by atoms with Crippen molar-refractivity contribution in [3.8, 4) is 0 Å². The van der Waals surface area contributed by atoms with Gasteiger partial charge in [-0.2, -0.15) is 4.98 Å². The van der Waals surface area contributed by atoms with Gasteiger partial charge in [-0.1, -0.05) is 11.2 Å². The molecule has 0 saturated carbocycles. The molecular weight excluding hydrogens is 285 g/mol. The van der Waals surface area contributed by atoms with Gasteiger partial charge in [0.25, 0.3) is 5.89 Å². The molecule has 2 aliphatic rings. The molecule has 116 valence electrons. The number of rotatable bonds is 2. The first-order chi connectivity index (χ1) is 10.7. The van der Waals surface area contributed by atoms with Crippen LogP contribution in [0.4, 0.5) is 10.1 Å². The number of anilines is 1. The number of benzene rings is 1. The Morgan fingerprint density at radius 1 is 1.36 bits per heavy atom. The zero-order valence-electron chi connectivity index (χ0n) is 12.4. The van der Waals surface area contributed by atoms with E-state index >= 15 is 0 Å². The maximum Gasteiger partial charge on any atom is 0.255 e. The molecule has 2 fully saturated rings. The molecule has 5 nitrogen and oxygen atoms in total. The van der Waals surface area contributed by atoms with Crippen LogP contribution in [0.15, 0.2) is 28.8 Å². The van der Waals surface area contributed by atoms with Crippen LogP contribution in [-0.2, 0) is 4.74 Å². The van der Waals surface area contributed by atoms with Gasteiger partial charge in [0.2, 0.25) is 0 Å². The number of ether oxygens (including phenoxy) is 1. The largest absolute Gasteiger partial charge is 0.369 e. The van der Waals surface area contributed by atoms with Gasteiger partial charge in [-0.15, -0.1) is 0 Å². The first kappa shape index (κ1) is 13.7. The van der Waals surface area contributed by atoms with Gasteiger partial charge in [-0.3, -0.25) is 0 Å². The van der Waals surface area contributed by atoms with Gasteiger partial charge in [0.15, 0.2) is 5.82 Å². The van der Waals surface area contributed by atoms with Crippen LogP contribution in [-0.4, -0.2) is 29.3 Å². The minimum Gasteiger partial charge on any atom is -0.369 e. The number of halogens is 1. The number of aromatic nitrogens is 2. The van der Waals surface area contributed by atoms with Crippen LogP contribution in [0.5, 0.6) is 0 Å². The maximum atomic E-state index is 13.4. The van der Waals surface area contributed by atoms with E-state index in [1.807, 2.05) is 6.07 Å². The number of nitrogens with zero attached hydrogens (tertiary/aromatic N) is 3. The molecule has 22 heavy (non-hydrogen) atoms. The van der Waals surface area contributed by atoms with Crippen molar-refractivity contribution in [1.82, 2.24) is 10.1 Å². The lowest BCUT2D eigenvalue weighted by molar-refractivity contribution is 0.0164. The van der Waals surface area contributed by atoms with E-state index in [1.165, 1.54) is 6.07 Å². The van der Waals surface area contributed by atoms with E-state index in [-0.39, 0.29) is 18.0 Å². The van der Waals surface area contributed by atoms with E-state index < -0.39 is 0 Å². The van der Waals surface area contributed by atoms with Crippen molar-refractivity contribution >= 4 is 5.69 Å². The van der Waals surface area contributed by atoms with Crippen LogP contribution >= 0.6 is 0 Å². The zero-order valence-corrected chi connectivity index (χ0v) is 12.4. The molecule has 1 aromatic carbocycles. The highest BCUT2D eigenvalue weighted by Gasteiger charge is 2.41. The summed E-state index contributed by atoms with van der Waals surface area (Å²) >= 11 is 0. The average molecular weight is 303 g/mol. The van der Waals surface area contributed by atoms with Crippen LogP contribution in [0.3, 0.4) is 0 Å². The van der Waals surface area contributed by atoms with Crippen molar-refractivity contribution in [3.05, 3.63) is 41.8 Å². The van der Waals surface area contributed by atoms with E-state index in [2.05, 4.69) is 15.0 Å². The van der Waals surface area contributed by atoms with E-state index in [9.17, 15) is 4.39 Å². The Labute approximate surface area is 128 Å². The molecule has 0 bridgehead atoms. The molecule has 0 amide bonds. The second-order valence-corrected chi connectivity index (χ2v) is 6.05.